The van der Waals surface area contributed by atoms with Gasteiger partial charge in [-0.05, 0) is 30.2 Å². The quantitative estimate of drug-likeness (QED) is 0.725. The Kier molecular flexibility index (Phi) is 2.65. The van der Waals surface area contributed by atoms with Crippen molar-refractivity contribution < 1.29 is 5.11 Å². The molecular weight excluding hydrogens is 222 g/mol. The van der Waals surface area contributed by atoms with Crippen LogP contribution in [0.15, 0.2) is 54.9 Å². The summed E-state index contributed by atoms with van der Waals surface area (Å²) in [5.74, 6) is 0. The Labute approximate surface area is 106 Å². The van der Waals surface area contributed by atoms with Crippen molar-refractivity contribution in [2.45, 2.75) is 13.5 Å². The molecule has 0 saturated carbocycles. The summed E-state index contributed by atoms with van der Waals surface area (Å²) < 4.78 is 2.06. The number of fused-ring (bicyclic) bond motifs is 1. The van der Waals surface area contributed by atoms with E-state index in [4.69, 9.17) is 0 Å². The zero-order valence-electron chi connectivity index (χ0n) is 10.3. The maximum atomic E-state index is 9.56. The molecule has 0 unspecified atom stereocenters. The van der Waals surface area contributed by atoms with Gasteiger partial charge in [-0.15, -0.1) is 0 Å². The highest BCUT2D eigenvalue weighted by Gasteiger charge is 2.12. The predicted molar refractivity (Wildman–Crippen MR) is 73.5 cm³/mol. The second-order valence-corrected chi connectivity index (χ2v) is 4.50. The van der Waals surface area contributed by atoms with E-state index in [9.17, 15) is 5.11 Å². The zero-order chi connectivity index (χ0) is 12.5. The van der Waals surface area contributed by atoms with E-state index in [1.165, 1.54) is 11.1 Å². The number of hydrogen-bond acceptors (Lipinski definition) is 1. The molecule has 18 heavy (non-hydrogen) atoms. The first kappa shape index (κ1) is 11.1. The Morgan fingerprint density at radius 3 is 2.61 bits per heavy atom. The molecule has 90 valence electrons. The van der Waals surface area contributed by atoms with Gasteiger partial charge in [-0.2, -0.15) is 0 Å². The third-order valence-corrected chi connectivity index (χ3v) is 3.35. The maximum absolute atomic E-state index is 9.56. The summed E-state index contributed by atoms with van der Waals surface area (Å²) in [7, 11) is 0. The van der Waals surface area contributed by atoms with Crippen LogP contribution >= 0.6 is 0 Å². The largest absolute Gasteiger partial charge is 0.392 e. The molecule has 2 nitrogen and oxygen atoms in total. The average molecular weight is 237 g/mol. The van der Waals surface area contributed by atoms with Crippen molar-refractivity contribution in [2.24, 2.45) is 0 Å². The van der Waals surface area contributed by atoms with Crippen LogP contribution in [0.2, 0.25) is 0 Å². The lowest BCUT2D eigenvalue weighted by Crippen LogP contribution is -1.87. The van der Waals surface area contributed by atoms with Crippen LogP contribution in [-0.2, 0) is 6.61 Å². The van der Waals surface area contributed by atoms with Gasteiger partial charge in [-0.3, -0.25) is 0 Å². The number of benzene rings is 1. The summed E-state index contributed by atoms with van der Waals surface area (Å²) in [6.45, 7) is 2.16. The Morgan fingerprint density at radius 2 is 1.83 bits per heavy atom. The first-order chi connectivity index (χ1) is 8.81. The van der Waals surface area contributed by atoms with Crippen LogP contribution in [0.25, 0.3) is 16.6 Å². The van der Waals surface area contributed by atoms with Crippen LogP contribution in [0.3, 0.4) is 0 Å². The van der Waals surface area contributed by atoms with E-state index in [1.807, 2.05) is 36.7 Å². The average Bonchev–Trinajstić information content (AvgIpc) is 2.78. The van der Waals surface area contributed by atoms with Crippen LogP contribution in [0, 0.1) is 6.92 Å². The van der Waals surface area contributed by atoms with Crippen molar-refractivity contribution in [2.75, 3.05) is 0 Å². The summed E-state index contributed by atoms with van der Waals surface area (Å²) >= 11 is 0. The molecule has 1 N–H and O–H groups in total. The van der Waals surface area contributed by atoms with Gasteiger partial charge in [0.05, 0.1) is 12.1 Å². The number of pyridine rings is 1. The molecule has 0 aliphatic heterocycles. The van der Waals surface area contributed by atoms with Gasteiger partial charge in [0.2, 0.25) is 0 Å². The number of aromatic nitrogens is 1. The van der Waals surface area contributed by atoms with Crippen LogP contribution in [0.1, 0.15) is 11.1 Å². The van der Waals surface area contributed by atoms with Crippen LogP contribution in [0.5, 0.6) is 0 Å². The van der Waals surface area contributed by atoms with Crippen LogP contribution in [0.4, 0.5) is 0 Å². The minimum absolute atomic E-state index is 0.0609. The highest BCUT2D eigenvalue weighted by molar-refractivity contribution is 5.85. The highest BCUT2D eigenvalue weighted by atomic mass is 16.3. The molecule has 0 amide bonds. The van der Waals surface area contributed by atoms with Crippen molar-refractivity contribution in [1.82, 2.24) is 4.40 Å². The van der Waals surface area contributed by atoms with Gasteiger partial charge < -0.3 is 9.51 Å². The van der Waals surface area contributed by atoms with Gasteiger partial charge >= 0.3 is 0 Å². The van der Waals surface area contributed by atoms with Crippen molar-refractivity contribution in [1.29, 1.82) is 0 Å². The predicted octanol–water partition coefficient (Wildman–Crippen LogP) is 3.41. The molecule has 0 radical (unpaired) electrons. The number of aryl methyl sites for hydroxylation is 1. The summed E-state index contributed by atoms with van der Waals surface area (Å²) in [5, 5.41) is 9.56. The number of hydrogen-bond donors (Lipinski definition) is 1. The lowest BCUT2D eigenvalue weighted by molar-refractivity contribution is 0.282. The molecule has 2 aromatic heterocycles. The summed E-state index contributed by atoms with van der Waals surface area (Å²) in [6.07, 6.45) is 4.01. The Bertz CT molecular complexity index is 697. The van der Waals surface area contributed by atoms with E-state index in [0.717, 1.165) is 16.6 Å². The third kappa shape index (κ3) is 1.62. The molecule has 0 saturated heterocycles. The first-order valence-corrected chi connectivity index (χ1v) is 6.06. The number of aliphatic hydroxyl groups excluding tert-OH is 1. The summed E-state index contributed by atoms with van der Waals surface area (Å²) in [4.78, 5) is 0. The van der Waals surface area contributed by atoms with Gasteiger partial charge in [0.25, 0.3) is 0 Å². The second-order valence-electron chi connectivity index (χ2n) is 4.50. The molecule has 1 aromatic carbocycles. The van der Waals surface area contributed by atoms with E-state index in [1.54, 1.807) is 0 Å². The van der Waals surface area contributed by atoms with E-state index in [-0.39, 0.29) is 6.61 Å². The monoisotopic (exact) mass is 237 g/mol. The molecule has 2 heterocycles. The number of aliphatic hydroxyl groups is 1. The zero-order valence-corrected chi connectivity index (χ0v) is 10.3. The summed E-state index contributed by atoms with van der Waals surface area (Å²) in [5.41, 5.74) is 5.65. The fourth-order valence-electron chi connectivity index (χ4n) is 2.46. The fourth-order valence-corrected chi connectivity index (χ4v) is 2.46. The lowest BCUT2D eigenvalue weighted by atomic mass is 9.98. The standard InChI is InChI=1S/C16H15NO/c1-12-6-2-3-7-14(12)16-13(11-18)10-17-9-5-4-8-15(16)17/h2-10,18H,11H2,1H3. The molecular formula is C16H15NO. The summed E-state index contributed by atoms with van der Waals surface area (Å²) in [6, 6.07) is 14.4. The SMILES string of the molecule is Cc1ccccc1-c1c(CO)cn2ccccc12. The van der Waals surface area contributed by atoms with Crippen LogP contribution < -0.4 is 0 Å². The Morgan fingerprint density at radius 1 is 1.06 bits per heavy atom. The molecule has 0 aliphatic carbocycles. The van der Waals surface area contributed by atoms with Crippen molar-refractivity contribution in [3.8, 4) is 11.1 Å². The molecule has 3 aromatic rings. The van der Waals surface area contributed by atoms with E-state index in [2.05, 4.69) is 29.5 Å². The minimum Gasteiger partial charge on any atom is -0.392 e. The fraction of sp³-hybridized carbons (Fsp3) is 0.125. The van der Waals surface area contributed by atoms with Crippen molar-refractivity contribution in [3.63, 3.8) is 0 Å². The first-order valence-electron chi connectivity index (χ1n) is 6.06. The topological polar surface area (TPSA) is 24.6 Å². The second kappa shape index (κ2) is 4.31. The molecule has 2 heteroatoms. The van der Waals surface area contributed by atoms with E-state index >= 15 is 0 Å². The maximum Gasteiger partial charge on any atom is 0.0703 e. The number of rotatable bonds is 2. The van der Waals surface area contributed by atoms with Gasteiger partial charge in [0.15, 0.2) is 0 Å². The van der Waals surface area contributed by atoms with Crippen molar-refractivity contribution >= 4 is 5.52 Å². The lowest BCUT2D eigenvalue weighted by Gasteiger charge is -2.07. The van der Waals surface area contributed by atoms with Crippen LogP contribution in [-0.4, -0.2) is 9.51 Å². The smallest absolute Gasteiger partial charge is 0.0703 e. The highest BCUT2D eigenvalue weighted by Crippen LogP contribution is 2.32. The molecule has 0 fully saturated rings. The van der Waals surface area contributed by atoms with E-state index in [0.29, 0.717) is 0 Å². The molecule has 0 atom stereocenters. The molecule has 0 aliphatic rings. The molecule has 3 rings (SSSR count). The Hall–Kier alpha value is -2.06. The minimum atomic E-state index is 0.0609. The normalized spacial score (nSPS) is 11.0. The van der Waals surface area contributed by atoms with Gasteiger partial charge in [0, 0.05) is 23.5 Å². The Balaban J connectivity index is 2.37. The van der Waals surface area contributed by atoms with Gasteiger partial charge in [-0.25, -0.2) is 0 Å². The van der Waals surface area contributed by atoms with Gasteiger partial charge in [0.1, 0.15) is 0 Å². The van der Waals surface area contributed by atoms with Crippen molar-refractivity contribution in [3.05, 3.63) is 66.0 Å². The number of nitrogens with zero attached hydrogens (tertiary/aromatic N) is 1. The van der Waals surface area contributed by atoms with E-state index < -0.39 is 0 Å². The van der Waals surface area contributed by atoms with Gasteiger partial charge in [-0.1, -0.05) is 30.3 Å². The molecule has 0 bridgehead atoms. The third-order valence-electron chi connectivity index (χ3n) is 3.35. The molecule has 0 spiro atoms.